The average Bonchev–Trinajstić information content (AvgIpc) is 2.83. The van der Waals surface area contributed by atoms with E-state index < -0.39 is 10.0 Å². The van der Waals surface area contributed by atoms with E-state index in [0.717, 1.165) is 5.39 Å². The minimum atomic E-state index is -3.66. The molecule has 0 saturated carbocycles. The first-order valence-corrected chi connectivity index (χ1v) is 7.21. The van der Waals surface area contributed by atoms with Crippen molar-refractivity contribution in [3.05, 3.63) is 60.8 Å². The summed E-state index contributed by atoms with van der Waals surface area (Å²) in [5, 5.41) is 0.876. The topological polar surface area (TPSA) is 65.1 Å². The highest BCUT2D eigenvalue weighted by Crippen LogP contribution is 2.25. The SMILES string of the molecule is Nc1ccccc1S(=O)(=O)n1ccc2ccccc21. The second kappa shape index (κ2) is 4.13. The number of hydrogen-bond donors (Lipinski definition) is 1. The van der Waals surface area contributed by atoms with Crippen molar-refractivity contribution in [2.45, 2.75) is 4.90 Å². The van der Waals surface area contributed by atoms with Crippen LogP contribution in [0.25, 0.3) is 10.9 Å². The molecule has 0 saturated heterocycles. The Labute approximate surface area is 111 Å². The first-order chi connectivity index (χ1) is 9.10. The summed E-state index contributed by atoms with van der Waals surface area (Å²) in [5.41, 5.74) is 6.66. The van der Waals surface area contributed by atoms with Crippen LogP contribution in [0.1, 0.15) is 0 Å². The number of aromatic nitrogens is 1. The summed E-state index contributed by atoms with van der Waals surface area (Å²) in [6, 6.07) is 15.6. The lowest BCUT2D eigenvalue weighted by Crippen LogP contribution is -2.13. The molecule has 0 radical (unpaired) electrons. The zero-order valence-electron chi connectivity index (χ0n) is 10.0. The summed E-state index contributed by atoms with van der Waals surface area (Å²) in [6.45, 7) is 0. The Morgan fingerprint density at radius 1 is 0.895 bits per heavy atom. The molecule has 0 unspecified atom stereocenters. The summed E-state index contributed by atoms with van der Waals surface area (Å²) in [4.78, 5) is 0.122. The maximum atomic E-state index is 12.6. The molecule has 96 valence electrons. The molecule has 3 aromatic rings. The Balaban J connectivity index is 2.29. The van der Waals surface area contributed by atoms with Crippen LogP contribution in [-0.4, -0.2) is 12.4 Å². The van der Waals surface area contributed by atoms with Gasteiger partial charge in [-0.25, -0.2) is 12.4 Å². The summed E-state index contributed by atoms with van der Waals surface area (Å²) in [6.07, 6.45) is 1.55. The van der Waals surface area contributed by atoms with E-state index in [9.17, 15) is 8.42 Å². The normalized spacial score (nSPS) is 11.8. The highest BCUT2D eigenvalue weighted by molar-refractivity contribution is 7.90. The molecule has 1 heterocycles. The van der Waals surface area contributed by atoms with E-state index >= 15 is 0 Å². The van der Waals surface area contributed by atoms with Crippen LogP contribution in [0.2, 0.25) is 0 Å². The van der Waals surface area contributed by atoms with Crippen molar-refractivity contribution in [3.63, 3.8) is 0 Å². The first kappa shape index (κ1) is 11.8. The molecule has 0 atom stereocenters. The molecule has 0 aliphatic heterocycles. The van der Waals surface area contributed by atoms with E-state index in [1.165, 1.54) is 10.0 Å². The summed E-state index contributed by atoms with van der Waals surface area (Å²) >= 11 is 0. The van der Waals surface area contributed by atoms with E-state index in [-0.39, 0.29) is 10.6 Å². The Morgan fingerprint density at radius 2 is 1.58 bits per heavy atom. The van der Waals surface area contributed by atoms with Crippen LogP contribution < -0.4 is 5.73 Å². The molecule has 5 heteroatoms. The first-order valence-electron chi connectivity index (χ1n) is 5.77. The van der Waals surface area contributed by atoms with Crippen molar-refractivity contribution in [1.29, 1.82) is 0 Å². The van der Waals surface area contributed by atoms with Gasteiger partial charge in [0.15, 0.2) is 0 Å². The number of nitrogen functional groups attached to an aromatic ring is 1. The lowest BCUT2D eigenvalue weighted by Gasteiger charge is -2.09. The van der Waals surface area contributed by atoms with Gasteiger partial charge in [0.25, 0.3) is 10.0 Å². The molecule has 0 bridgehead atoms. The fourth-order valence-corrected chi connectivity index (χ4v) is 3.56. The maximum Gasteiger partial charge on any atom is 0.270 e. The fraction of sp³-hybridized carbons (Fsp3) is 0. The van der Waals surface area contributed by atoms with E-state index in [1.54, 1.807) is 36.5 Å². The highest BCUT2D eigenvalue weighted by atomic mass is 32.2. The Morgan fingerprint density at radius 3 is 2.37 bits per heavy atom. The van der Waals surface area contributed by atoms with Crippen LogP contribution in [0.3, 0.4) is 0 Å². The number of fused-ring (bicyclic) bond motifs is 1. The third-order valence-corrected chi connectivity index (χ3v) is 4.78. The van der Waals surface area contributed by atoms with Gasteiger partial charge < -0.3 is 5.73 Å². The fourth-order valence-electron chi connectivity index (χ4n) is 2.09. The van der Waals surface area contributed by atoms with Gasteiger partial charge in [0.05, 0.1) is 11.2 Å². The third kappa shape index (κ3) is 1.79. The molecular formula is C14H12N2O2S. The monoisotopic (exact) mass is 272 g/mol. The molecule has 0 spiro atoms. The lowest BCUT2D eigenvalue weighted by atomic mass is 10.3. The van der Waals surface area contributed by atoms with Crippen LogP contribution in [-0.2, 0) is 10.0 Å². The van der Waals surface area contributed by atoms with Crippen LogP contribution >= 0.6 is 0 Å². The van der Waals surface area contributed by atoms with E-state index in [4.69, 9.17) is 5.73 Å². The minimum absolute atomic E-state index is 0.122. The number of hydrogen-bond acceptors (Lipinski definition) is 3. The summed E-state index contributed by atoms with van der Waals surface area (Å²) in [7, 11) is -3.66. The Hall–Kier alpha value is -2.27. The lowest BCUT2D eigenvalue weighted by molar-refractivity contribution is 0.589. The zero-order valence-corrected chi connectivity index (χ0v) is 10.8. The number of benzene rings is 2. The van der Waals surface area contributed by atoms with E-state index in [2.05, 4.69) is 0 Å². The molecular weight excluding hydrogens is 260 g/mol. The molecule has 0 fully saturated rings. The molecule has 1 aromatic heterocycles. The Bertz CT molecular complexity index is 851. The van der Waals surface area contributed by atoms with Gasteiger partial charge in [-0.2, -0.15) is 0 Å². The molecule has 4 nitrogen and oxygen atoms in total. The second-order valence-electron chi connectivity index (χ2n) is 4.21. The molecule has 0 aliphatic carbocycles. The predicted molar refractivity (Wildman–Crippen MR) is 75.4 cm³/mol. The van der Waals surface area contributed by atoms with Gasteiger partial charge in [-0.05, 0) is 24.3 Å². The molecule has 19 heavy (non-hydrogen) atoms. The van der Waals surface area contributed by atoms with Crippen LogP contribution in [0, 0.1) is 0 Å². The van der Waals surface area contributed by atoms with Gasteiger partial charge in [0.2, 0.25) is 0 Å². The van der Waals surface area contributed by atoms with Gasteiger partial charge in [-0.15, -0.1) is 0 Å². The number of anilines is 1. The summed E-state index contributed by atoms with van der Waals surface area (Å²) < 4.78 is 26.5. The van der Waals surface area contributed by atoms with Crippen molar-refractivity contribution in [2.75, 3.05) is 5.73 Å². The second-order valence-corrected chi connectivity index (χ2v) is 6.00. The number of nitrogens with zero attached hydrogens (tertiary/aromatic N) is 1. The van der Waals surface area contributed by atoms with Gasteiger partial charge >= 0.3 is 0 Å². The predicted octanol–water partition coefficient (Wildman–Crippen LogP) is 2.46. The van der Waals surface area contributed by atoms with Gasteiger partial charge in [0, 0.05) is 11.6 Å². The van der Waals surface area contributed by atoms with Crippen LogP contribution in [0.15, 0.2) is 65.7 Å². The van der Waals surface area contributed by atoms with Gasteiger partial charge in [0.1, 0.15) is 4.90 Å². The van der Waals surface area contributed by atoms with Gasteiger partial charge in [-0.1, -0.05) is 30.3 Å². The average molecular weight is 272 g/mol. The third-order valence-electron chi connectivity index (χ3n) is 3.02. The molecule has 2 aromatic carbocycles. The number of rotatable bonds is 2. The van der Waals surface area contributed by atoms with Crippen molar-refractivity contribution < 1.29 is 8.42 Å². The van der Waals surface area contributed by atoms with Crippen molar-refractivity contribution in [2.24, 2.45) is 0 Å². The van der Waals surface area contributed by atoms with Crippen molar-refractivity contribution in [1.82, 2.24) is 3.97 Å². The van der Waals surface area contributed by atoms with Gasteiger partial charge in [-0.3, -0.25) is 0 Å². The number of para-hydroxylation sites is 2. The number of nitrogens with two attached hydrogens (primary N) is 1. The zero-order chi connectivity index (χ0) is 13.5. The summed E-state index contributed by atoms with van der Waals surface area (Å²) in [5.74, 6) is 0. The molecule has 2 N–H and O–H groups in total. The largest absolute Gasteiger partial charge is 0.398 e. The highest BCUT2D eigenvalue weighted by Gasteiger charge is 2.20. The van der Waals surface area contributed by atoms with Crippen molar-refractivity contribution >= 4 is 26.6 Å². The molecule has 0 aliphatic rings. The molecule has 0 amide bonds. The smallest absolute Gasteiger partial charge is 0.270 e. The minimum Gasteiger partial charge on any atom is -0.398 e. The Kier molecular flexibility index (Phi) is 2.57. The van der Waals surface area contributed by atoms with Crippen LogP contribution in [0.4, 0.5) is 5.69 Å². The standard InChI is InChI=1S/C14H12N2O2S/c15-12-6-2-4-8-14(12)19(17,18)16-10-9-11-5-1-3-7-13(11)16/h1-10H,15H2. The van der Waals surface area contributed by atoms with Crippen molar-refractivity contribution in [3.8, 4) is 0 Å². The van der Waals surface area contributed by atoms with Crippen LogP contribution in [0.5, 0.6) is 0 Å². The maximum absolute atomic E-state index is 12.6. The van der Waals surface area contributed by atoms with E-state index in [0.29, 0.717) is 5.52 Å². The molecule has 3 rings (SSSR count). The quantitative estimate of drug-likeness (QED) is 0.729. The van der Waals surface area contributed by atoms with E-state index in [1.807, 2.05) is 18.2 Å².